The molecule has 0 unspecified atom stereocenters. The van der Waals surface area contributed by atoms with Crippen LogP contribution in [-0.4, -0.2) is 32.9 Å². The van der Waals surface area contributed by atoms with Crippen LogP contribution in [0.4, 0.5) is 0 Å². The van der Waals surface area contributed by atoms with Crippen molar-refractivity contribution in [2.45, 2.75) is 26.4 Å². The number of hydrogen-bond acceptors (Lipinski definition) is 6. The molecule has 0 aliphatic heterocycles. The van der Waals surface area contributed by atoms with Crippen molar-refractivity contribution in [3.63, 3.8) is 0 Å². The number of hydrogen-bond donors (Lipinski definition) is 1. The molecule has 1 amide bonds. The van der Waals surface area contributed by atoms with E-state index in [9.17, 15) is 4.79 Å². The lowest BCUT2D eigenvalue weighted by Gasteiger charge is -2.08. The monoisotopic (exact) mass is 341 g/mol. The zero-order valence-electron chi connectivity index (χ0n) is 14.3. The number of benzene rings is 1. The van der Waals surface area contributed by atoms with Gasteiger partial charge in [0, 0.05) is 18.3 Å². The molecule has 1 atom stereocenters. The molecular weight excluding hydrogens is 322 g/mol. The van der Waals surface area contributed by atoms with Gasteiger partial charge in [-0.25, -0.2) is 0 Å². The third-order valence-electron chi connectivity index (χ3n) is 3.71. The summed E-state index contributed by atoms with van der Waals surface area (Å²) in [4.78, 5) is 16.6. The number of rotatable bonds is 6. The number of amides is 1. The Morgan fingerprint density at radius 3 is 3.00 bits per heavy atom. The molecule has 8 heteroatoms. The third kappa shape index (κ3) is 3.68. The van der Waals surface area contributed by atoms with E-state index >= 15 is 0 Å². The molecule has 3 aromatic rings. The number of aromatic nitrogens is 4. The molecule has 25 heavy (non-hydrogen) atoms. The maximum absolute atomic E-state index is 12.2. The summed E-state index contributed by atoms with van der Waals surface area (Å²) in [6.07, 6.45) is 3.22. The molecule has 2 heterocycles. The Morgan fingerprint density at radius 2 is 2.28 bits per heavy atom. The molecule has 0 aliphatic carbocycles. The Hall–Kier alpha value is -3.16. The van der Waals surface area contributed by atoms with E-state index < -0.39 is 6.04 Å². The van der Waals surface area contributed by atoms with Gasteiger partial charge in [-0.05, 0) is 26.0 Å². The van der Waals surface area contributed by atoms with Gasteiger partial charge in [-0.3, -0.25) is 9.48 Å². The predicted octanol–water partition coefficient (Wildman–Crippen LogP) is 2.45. The minimum absolute atomic E-state index is 0.242. The first-order valence-corrected chi connectivity index (χ1v) is 7.92. The van der Waals surface area contributed by atoms with Crippen molar-refractivity contribution in [2.24, 2.45) is 0 Å². The second kappa shape index (κ2) is 7.16. The molecule has 130 valence electrons. The maximum Gasteiger partial charge on any atom is 0.255 e. The Kier molecular flexibility index (Phi) is 4.78. The van der Waals surface area contributed by atoms with Crippen molar-refractivity contribution in [2.75, 3.05) is 7.11 Å². The van der Waals surface area contributed by atoms with Crippen LogP contribution >= 0.6 is 0 Å². The van der Waals surface area contributed by atoms with Crippen LogP contribution in [0.2, 0.25) is 0 Å². The molecule has 0 saturated carbocycles. The lowest BCUT2D eigenvalue weighted by atomic mass is 10.2. The Labute approximate surface area is 144 Å². The van der Waals surface area contributed by atoms with E-state index in [0.717, 1.165) is 5.56 Å². The van der Waals surface area contributed by atoms with Gasteiger partial charge in [-0.1, -0.05) is 17.3 Å². The topological polar surface area (TPSA) is 95.1 Å². The Balaban J connectivity index is 1.71. The summed E-state index contributed by atoms with van der Waals surface area (Å²) in [5, 5.41) is 10.9. The molecule has 2 aromatic heterocycles. The van der Waals surface area contributed by atoms with E-state index in [1.54, 1.807) is 24.9 Å². The van der Waals surface area contributed by atoms with E-state index in [0.29, 0.717) is 29.6 Å². The lowest BCUT2D eigenvalue weighted by Crippen LogP contribution is -2.26. The van der Waals surface area contributed by atoms with Gasteiger partial charge in [-0.15, -0.1) is 0 Å². The maximum atomic E-state index is 12.2. The van der Waals surface area contributed by atoms with Crippen LogP contribution in [0.3, 0.4) is 0 Å². The zero-order chi connectivity index (χ0) is 17.8. The predicted molar refractivity (Wildman–Crippen MR) is 90.1 cm³/mol. The van der Waals surface area contributed by atoms with Crippen molar-refractivity contribution in [3.05, 3.63) is 48.1 Å². The van der Waals surface area contributed by atoms with Crippen molar-refractivity contribution in [1.82, 2.24) is 25.2 Å². The first-order chi connectivity index (χ1) is 12.1. The highest BCUT2D eigenvalue weighted by molar-refractivity contribution is 5.93. The lowest BCUT2D eigenvalue weighted by molar-refractivity contribution is 0.0932. The molecule has 1 N–H and O–H groups in total. The number of carbonyl (C=O) groups is 1. The van der Waals surface area contributed by atoms with Gasteiger partial charge in [0.05, 0.1) is 18.9 Å². The number of nitrogens with zero attached hydrogens (tertiary/aromatic N) is 4. The molecule has 0 aliphatic rings. The second-order valence-corrected chi connectivity index (χ2v) is 5.47. The van der Waals surface area contributed by atoms with Crippen LogP contribution in [0, 0.1) is 0 Å². The molecule has 1 aromatic carbocycles. The molecular formula is C17H19N5O3. The summed E-state index contributed by atoms with van der Waals surface area (Å²) < 4.78 is 12.2. The summed E-state index contributed by atoms with van der Waals surface area (Å²) in [5.41, 5.74) is 1.26. The SMILES string of the molecule is CCn1cc(C(=O)N[C@@H](C)c2nc(-c3cccc(OC)c3)no2)cn1. The smallest absolute Gasteiger partial charge is 0.255 e. The van der Waals surface area contributed by atoms with Gasteiger partial charge < -0.3 is 14.6 Å². The second-order valence-electron chi connectivity index (χ2n) is 5.47. The van der Waals surface area contributed by atoms with Crippen LogP contribution in [0.25, 0.3) is 11.4 Å². The van der Waals surface area contributed by atoms with Gasteiger partial charge in [0.15, 0.2) is 0 Å². The summed E-state index contributed by atoms with van der Waals surface area (Å²) >= 11 is 0. The Bertz CT molecular complexity index is 871. The first kappa shape index (κ1) is 16.7. The zero-order valence-corrected chi connectivity index (χ0v) is 14.3. The molecule has 3 rings (SSSR count). The van der Waals surface area contributed by atoms with E-state index in [4.69, 9.17) is 9.26 Å². The van der Waals surface area contributed by atoms with Crippen molar-refractivity contribution >= 4 is 5.91 Å². The molecule has 0 spiro atoms. The van der Waals surface area contributed by atoms with Crippen LogP contribution in [0.15, 0.2) is 41.2 Å². The summed E-state index contributed by atoms with van der Waals surface area (Å²) in [5.74, 6) is 1.23. The number of methoxy groups -OCH3 is 1. The first-order valence-electron chi connectivity index (χ1n) is 7.92. The number of ether oxygens (including phenoxy) is 1. The molecule has 0 fully saturated rings. The fourth-order valence-corrected chi connectivity index (χ4v) is 2.29. The third-order valence-corrected chi connectivity index (χ3v) is 3.71. The Morgan fingerprint density at radius 1 is 1.44 bits per heavy atom. The molecule has 0 saturated heterocycles. The number of carbonyl (C=O) groups excluding carboxylic acids is 1. The van der Waals surface area contributed by atoms with E-state index in [-0.39, 0.29) is 5.91 Å². The molecule has 0 radical (unpaired) electrons. The fourth-order valence-electron chi connectivity index (χ4n) is 2.29. The minimum atomic E-state index is -0.427. The standard InChI is InChI=1S/C17H19N5O3/c1-4-22-10-13(9-18-22)16(23)19-11(2)17-20-15(21-25-17)12-6-5-7-14(8-12)24-3/h5-11H,4H2,1-3H3,(H,19,23)/t11-/m0/s1. The highest BCUT2D eigenvalue weighted by Gasteiger charge is 2.19. The molecule has 8 nitrogen and oxygen atoms in total. The van der Waals surface area contributed by atoms with Gasteiger partial charge in [0.25, 0.3) is 5.91 Å². The number of aryl methyl sites for hydroxylation is 1. The van der Waals surface area contributed by atoms with E-state index in [1.165, 1.54) is 6.20 Å². The minimum Gasteiger partial charge on any atom is -0.497 e. The normalized spacial score (nSPS) is 12.0. The van der Waals surface area contributed by atoms with Crippen molar-refractivity contribution in [3.8, 4) is 17.1 Å². The van der Waals surface area contributed by atoms with Crippen LogP contribution < -0.4 is 10.1 Å². The largest absolute Gasteiger partial charge is 0.497 e. The van der Waals surface area contributed by atoms with Crippen LogP contribution in [-0.2, 0) is 6.54 Å². The highest BCUT2D eigenvalue weighted by Crippen LogP contribution is 2.22. The van der Waals surface area contributed by atoms with Crippen molar-refractivity contribution < 1.29 is 14.1 Å². The summed E-state index contributed by atoms with van der Waals surface area (Å²) in [6.45, 7) is 4.44. The fraction of sp³-hybridized carbons (Fsp3) is 0.294. The summed E-state index contributed by atoms with van der Waals surface area (Å²) in [6, 6.07) is 6.94. The van der Waals surface area contributed by atoms with E-state index in [2.05, 4.69) is 20.6 Å². The number of nitrogens with one attached hydrogen (secondary N) is 1. The average molecular weight is 341 g/mol. The highest BCUT2D eigenvalue weighted by atomic mass is 16.5. The average Bonchev–Trinajstić information content (AvgIpc) is 3.31. The van der Waals surface area contributed by atoms with Gasteiger partial charge in [0.1, 0.15) is 11.8 Å². The van der Waals surface area contributed by atoms with Crippen LogP contribution in [0.5, 0.6) is 5.75 Å². The quantitative estimate of drug-likeness (QED) is 0.740. The molecule has 0 bridgehead atoms. The summed E-state index contributed by atoms with van der Waals surface area (Å²) in [7, 11) is 1.60. The van der Waals surface area contributed by atoms with E-state index in [1.807, 2.05) is 31.2 Å². The van der Waals surface area contributed by atoms with Gasteiger partial charge >= 0.3 is 0 Å². The van der Waals surface area contributed by atoms with Gasteiger partial charge in [0.2, 0.25) is 11.7 Å². The van der Waals surface area contributed by atoms with Gasteiger partial charge in [-0.2, -0.15) is 10.1 Å². The van der Waals surface area contributed by atoms with Crippen LogP contribution in [0.1, 0.15) is 36.1 Å². The van der Waals surface area contributed by atoms with Crippen molar-refractivity contribution in [1.29, 1.82) is 0 Å².